The molecule has 0 radical (unpaired) electrons. The van der Waals surface area contributed by atoms with E-state index in [1.807, 2.05) is 26.0 Å². The van der Waals surface area contributed by atoms with E-state index in [9.17, 15) is 9.59 Å². The van der Waals surface area contributed by atoms with E-state index in [1.54, 1.807) is 6.07 Å². The molecule has 0 aliphatic rings. The van der Waals surface area contributed by atoms with Crippen molar-refractivity contribution < 1.29 is 9.59 Å². The number of alkyl halides is 1. The molecule has 1 rings (SSSR count). The van der Waals surface area contributed by atoms with Gasteiger partial charge in [-0.1, -0.05) is 17.7 Å². The van der Waals surface area contributed by atoms with Gasteiger partial charge in [-0.15, -0.1) is 11.6 Å². The van der Waals surface area contributed by atoms with Crippen molar-refractivity contribution in [1.29, 1.82) is 0 Å². The third-order valence-electron chi connectivity index (χ3n) is 2.20. The van der Waals surface area contributed by atoms with E-state index in [4.69, 9.17) is 11.6 Å². The van der Waals surface area contributed by atoms with Crippen LogP contribution in [0, 0.1) is 13.8 Å². The van der Waals surface area contributed by atoms with Crippen LogP contribution in [0.2, 0.25) is 0 Å². The van der Waals surface area contributed by atoms with Gasteiger partial charge in [0.15, 0.2) is 0 Å². The first kappa shape index (κ1) is 13.5. The average molecular weight is 255 g/mol. The van der Waals surface area contributed by atoms with Crippen LogP contribution in [0.15, 0.2) is 18.2 Å². The van der Waals surface area contributed by atoms with Gasteiger partial charge < -0.3 is 5.32 Å². The van der Waals surface area contributed by atoms with Gasteiger partial charge in [0, 0.05) is 18.0 Å². The SMILES string of the molecule is Cc1ccc(NC(=O)NC(=O)CCCl)c(C)c1. The Labute approximate surface area is 105 Å². The summed E-state index contributed by atoms with van der Waals surface area (Å²) in [6.07, 6.45) is 0.127. The molecule has 0 saturated heterocycles. The van der Waals surface area contributed by atoms with Crippen molar-refractivity contribution in [1.82, 2.24) is 5.32 Å². The summed E-state index contributed by atoms with van der Waals surface area (Å²) in [5, 5.41) is 4.81. The lowest BCUT2D eigenvalue weighted by Gasteiger charge is -2.09. The van der Waals surface area contributed by atoms with Crippen LogP contribution in [0.3, 0.4) is 0 Å². The third kappa shape index (κ3) is 4.44. The Bertz CT molecular complexity index is 433. The van der Waals surface area contributed by atoms with Crippen molar-refractivity contribution in [3.8, 4) is 0 Å². The van der Waals surface area contributed by atoms with E-state index < -0.39 is 6.03 Å². The summed E-state index contributed by atoms with van der Waals surface area (Å²) >= 11 is 5.39. The zero-order valence-electron chi connectivity index (χ0n) is 9.84. The van der Waals surface area contributed by atoms with Gasteiger partial charge in [-0.05, 0) is 25.5 Å². The molecule has 1 aromatic rings. The maximum atomic E-state index is 11.4. The number of benzene rings is 1. The minimum Gasteiger partial charge on any atom is -0.307 e. The molecule has 0 aliphatic carbocycles. The van der Waals surface area contributed by atoms with E-state index in [-0.39, 0.29) is 18.2 Å². The zero-order valence-corrected chi connectivity index (χ0v) is 10.6. The summed E-state index contributed by atoms with van der Waals surface area (Å²) in [6, 6.07) is 5.11. The van der Waals surface area contributed by atoms with Crippen molar-refractivity contribution in [2.45, 2.75) is 20.3 Å². The van der Waals surface area contributed by atoms with Gasteiger partial charge >= 0.3 is 6.03 Å². The standard InChI is InChI=1S/C12H15ClN2O2/c1-8-3-4-10(9(2)7-8)14-12(17)15-11(16)5-6-13/h3-4,7H,5-6H2,1-2H3,(H2,14,15,16,17). The van der Waals surface area contributed by atoms with Crippen LogP contribution in [-0.2, 0) is 4.79 Å². The molecule has 0 saturated carbocycles. The van der Waals surface area contributed by atoms with Crippen LogP contribution in [0.25, 0.3) is 0 Å². The Balaban J connectivity index is 2.59. The van der Waals surface area contributed by atoms with Crippen LogP contribution in [-0.4, -0.2) is 17.8 Å². The number of amides is 3. The van der Waals surface area contributed by atoms with Crippen molar-refractivity contribution in [3.63, 3.8) is 0 Å². The minimum absolute atomic E-state index is 0.127. The Morgan fingerprint density at radius 3 is 2.59 bits per heavy atom. The molecule has 3 amide bonds. The van der Waals surface area contributed by atoms with Gasteiger partial charge in [0.05, 0.1) is 0 Å². The second kappa shape index (κ2) is 6.25. The third-order valence-corrected chi connectivity index (χ3v) is 2.39. The first-order valence-electron chi connectivity index (χ1n) is 5.27. The number of rotatable bonds is 3. The molecule has 0 unspecified atom stereocenters. The van der Waals surface area contributed by atoms with Gasteiger partial charge in [0.1, 0.15) is 0 Å². The van der Waals surface area contributed by atoms with Crippen LogP contribution in [0.5, 0.6) is 0 Å². The topological polar surface area (TPSA) is 58.2 Å². The first-order valence-corrected chi connectivity index (χ1v) is 5.80. The van der Waals surface area contributed by atoms with Crippen molar-refractivity contribution in [2.75, 3.05) is 11.2 Å². The van der Waals surface area contributed by atoms with Gasteiger partial charge in [0.25, 0.3) is 0 Å². The quantitative estimate of drug-likeness (QED) is 0.815. The lowest BCUT2D eigenvalue weighted by atomic mass is 10.1. The molecule has 0 bridgehead atoms. The summed E-state index contributed by atoms with van der Waals surface area (Å²) in [5.74, 6) is -0.190. The largest absolute Gasteiger partial charge is 0.325 e. The van der Waals surface area contributed by atoms with Gasteiger partial charge in [-0.3, -0.25) is 10.1 Å². The van der Waals surface area contributed by atoms with Crippen LogP contribution in [0.1, 0.15) is 17.5 Å². The van der Waals surface area contributed by atoms with E-state index >= 15 is 0 Å². The molecule has 2 N–H and O–H groups in total. The fourth-order valence-corrected chi connectivity index (χ4v) is 1.55. The van der Waals surface area contributed by atoms with E-state index in [1.165, 1.54) is 0 Å². The number of imide groups is 1. The number of urea groups is 1. The summed E-state index contributed by atoms with van der Waals surface area (Å²) in [6.45, 7) is 3.87. The molecular formula is C12H15ClN2O2. The van der Waals surface area contributed by atoms with E-state index in [0.717, 1.165) is 11.1 Å². The maximum Gasteiger partial charge on any atom is 0.325 e. The lowest BCUT2D eigenvalue weighted by Crippen LogP contribution is -2.34. The predicted molar refractivity (Wildman–Crippen MR) is 68.4 cm³/mol. The van der Waals surface area contributed by atoms with Crippen LogP contribution >= 0.6 is 11.6 Å². The number of nitrogens with one attached hydrogen (secondary N) is 2. The maximum absolute atomic E-state index is 11.4. The molecule has 0 aliphatic heterocycles. The van der Waals surface area contributed by atoms with Gasteiger partial charge in [0.2, 0.25) is 5.91 Å². The molecule has 4 nitrogen and oxygen atoms in total. The molecule has 1 aromatic carbocycles. The summed E-state index contributed by atoms with van der Waals surface area (Å²) < 4.78 is 0. The van der Waals surface area contributed by atoms with Gasteiger partial charge in [-0.25, -0.2) is 4.79 Å². The fraction of sp³-hybridized carbons (Fsp3) is 0.333. The van der Waals surface area contributed by atoms with Crippen molar-refractivity contribution in [2.24, 2.45) is 0 Å². The first-order chi connectivity index (χ1) is 8.02. The van der Waals surface area contributed by atoms with Gasteiger partial charge in [-0.2, -0.15) is 0 Å². The van der Waals surface area contributed by atoms with E-state index in [2.05, 4.69) is 10.6 Å². The Hall–Kier alpha value is -1.55. The summed E-state index contributed by atoms with van der Waals surface area (Å²) in [4.78, 5) is 22.6. The Morgan fingerprint density at radius 2 is 2.00 bits per heavy atom. The monoisotopic (exact) mass is 254 g/mol. The zero-order chi connectivity index (χ0) is 12.8. The highest BCUT2D eigenvalue weighted by molar-refractivity contribution is 6.19. The predicted octanol–water partition coefficient (Wildman–Crippen LogP) is 2.58. The Kier molecular flexibility index (Phi) is 4.97. The second-order valence-electron chi connectivity index (χ2n) is 3.76. The molecule has 0 spiro atoms. The molecule has 0 aromatic heterocycles. The average Bonchev–Trinajstić information content (AvgIpc) is 2.22. The highest BCUT2D eigenvalue weighted by atomic mass is 35.5. The smallest absolute Gasteiger partial charge is 0.307 e. The fourth-order valence-electron chi connectivity index (χ4n) is 1.38. The second-order valence-corrected chi connectivity index (χ2v) is 4.14. The van der Waals surface area contributed by atoms with Crippen LogP contribution in [0.4, 0.5) is 10.5 Å². The number of anilines is 1. The molecule has 0 atom stereocenters. The molecule has 5 heteroatoms. The van der Waals surface area contributed by atoms with E-state index in [0.29, 0.717) is 5.69 Å². The molecular weight excluding hydrogens is 240 g/mol. The molecule has 92 valence electrons. The highest BCUT2D eigenvalue weighted by Gasteiger charge is 2.08. The number of carbonyl (C=O) groups excluding carboxylic acids is 2. The number of hydrogen-bond acceptors (Lipinski definition) is 2. The summed E-state index contributed by atoms with van der Waals surface area (Å²) in [5.41, 5.74) is 2.75. The number of carbonyl (C=O) groups is 2. The summed E-state index contributed by atoms with van der Waals surface area (Å²) in [7, 11) is 0. The molecule has 0 heterocycles. The molecule has 17 heavy (non-hydrogen) atoms. The molecule has 0 fully saturated rings. The normalized spacial score (nSPS) is 9.82. The number of aryl methyl sites for hydroxylation is 2. The minimum atomic E-state index is -0.535. The van der Waals surface area contributed by atoms with Crippen LogP contribution < -0.4 is 10.6 Å². The lowest BCUT2D eigenvalue weighted by molar-refractivity contribution is -0.119. The Morgan fingerprint density at radius 1 is 1.29 bits per heavy atom. The van der Waals surface area contributed by atoms with Crippen molar-refractivity contribution in [3.05, 3.63) is 29.3 Å². The number of hydrogen-bond donors (Lipinski definition) is 2. The van der Waals surface area contributed by atoms with Crippen molar-refractivity contribution >= 4 is 29.2 Å². The number of halogens is 1. The highest BCUT2D eigenvalue weighted by Crippen LogP contribution is 2.15.